The van der Waals surface area contributed by atoms with E-state index < -0.39 is 35.1 Å². The number of carbonyl (C=O) groups is 3. The first kappa shape index (κ1) is 34.7. The molecule has 1 N–H and O–H groups in total. The maximum Gasteiger partial charge on any atom is 0.253 e. The molecule has 47 heavy (non-hydrogen) atoms. The summed E-state index contributed by atoms with van der Waals surface area (Å²) in [6.45, 7) is 16.0. The van der Waals surface area contributed by atoms with E-state index in [-0.39, 0.29) is 43.3 Å². The first-order chi connectivity index (χ1) is 22.5. The number of nitrogens with zero attached hydrogens (tertiary/aromatic N) is 3. The molecule has 0 aromatic heterocycles. The summed E-state index contributed by atoms with van der Waals surface area (Å²) >= 11 is 6.61. The van der Waals surface area contributed by atoms with E-state index in [2.05, 4.69) is 13.2 Å². The Morgan fingerprint density at radius 1 is 1.06 bits per heavy atom. The van der Waals surface area contributed by atoms with Crippen LogP contribution in [-0.4, -0.2) is 77.3 Å². The van der Waals surface area contributed by atoms with E-state index in [1.54, 1.807) is 41.3 Å². The number of likely N-dealkylation sites (tertiary alicyclic amines) is 1. The van der Waals surface area contributed by atoms with E-state index in [1.165, 1.54) is 9.80 Å². The van der Waals surface area contributed by atoms with Crippen LogP contribution in [0.5, 0.6) is 5.75 Å². The summed E-state index contributed by atoms with van der Waals surface area (Å²) in [7, 11) is 0. The molecule has 6 atom stereocenters. The second-order valence-electron chi connectivity index (χ2n) is 12.9. The summed E-state index contributed by atoms with van der Waals surface area (Å²) in [4.78, 5) is 49.4. The SMILES string of the molecule is C=CCN(C(=O)[C@@H]1[C@H]2C(=O)N([C@@H](CO)C(C)C)C(C(=O)N(CC=C)c3ccccc3Cl)C23CC[C@@]1(CC)O3)c1ccc(OCC)cc1. The average molecular weight is 664 g/mol. The van der Waals surface area contributed by atoms with Crippen molar-refractivity contribution in [3.05, 3.63) is 78.9 Å². The maximum absolute atomic E-state index is 15.0. The quantitative estimate of drug-likeness (QED) is 0.263. The largest absolute Gasteiger partial charge is 0.494 e. The second kappa shape index (κ2) is 13.8. The van der Waals surface area contributed by atoms with Crippen molar-refractivity contribution in [1.29, 1.82) is 0 Å². The molecule has 10 heteroatoms. The predicted molar refractivity (Wildman–Crippen MR) is 184 cm³/mol. The third-order valence-electron chi connectivity index (χ3n) is 10.2. The number of rotatable bonds is 14. The number of amides is 3. The molecule has 3 amide bonds. The fourth-order valence-corrected chi connectivity index (χ4v) is 8.29. The lowest BCUT2D eigenvalue weighted by atomic mass is 9.64. The number of anilines is 2. The Morgan fingerprint density at radius 3 is 2.30 bits per heavy atom. The fourth-order valence-electron chi connectivity index (χ4n) is 8.05. The van der Waals surface area contributed by atoms with Gasteiger partial charge in [0.05, 0.1) is 47.4 Å². The molecule has 3 saturated heterocycles. The topological polar surface area (TPSA) is 99.6 Å². The van der Waals surface area contributed by atoms with E-state index in [4.69, 9.17) is 21.1 Å². The van der Waals surface area contributed by atoms with Crippen LogP contribution in [0.2, 0.25) is 5.02 Å². The van der Waals surface area contributed by atoms with E-state index >= 15 is 0 Å². The van der Waals surface area contributed by atoms with Crippen molar-refractivity contribution in [3.8, 4) is 5.75 Å². The van der Waals surface area contributed by atoms with Crippen LogP contribution in [-0.2, 0) is 19.1 Å². The standard InChI is InChI=1S/C37H46ClN3O6/c1-7-21-39(25-15-17-26(18-16-25)46-10-4)33(43)30-31-34(44)41(29(23-42)24(5)6)32(37(31)20-19-36(30,9-3)47-37)35(45)40(22-8-2)28-14-12-11-13-27(28)38/h7-8,11-18,24,29-32,42H,1-2,9-10,19-23H2,3-6H3/t29-,30-,31-,32?,36+,37?/m0/s1. The number of aliphatic hydroxyl groups excluding tert-OH is 1. The van der Waals surface area contributed by atoms with Crippen LogP contribution >= 0.6 is 11.6 Å². The number of carbonyl (C=O) groups excluding carboxylic acids is 3. The number of hydrogen-bond acceptors (Lipinski definition) is 6. The second-order valence-corrected chi connectivity index (χ2v) is 13.3. The molecule has 3 aliphatic rings. The van der Waals surface area contributed by atoms with Crippen LogP contribution in [0.1, 0.15) is 47.0 Å². The predicted octanol–water partition coefficient (Wildman–Crippen LogP) is 5.65. The molecule has 1 spiro atoms. The van der Waals surface area contributed by atoms with Crippen molar-refractivity contribution in [2.45, 2.75) is 70.2 Å². The number of halogens is 1. The van der Waals surface area contributed by atoms with Crippen molar-refractivity contribution < 1.29 is 29.0 Å². The van der Waals surface area contributed by atoms with Gasteiger partial charge in [0.2, 0.25) is 11.8 Å². The maximum atomic E-state index is 15.0. The number of fused-ring (bicyclic) bond motifs is 1. The molecular formula is C37H46ClN3O6. The van der Waals surface area contributed by atoms with Crippen LogP contribution in [0, 0.1) is 17.8 Å². The van der Waals surface area contributed by atoms with Crippen molar-refractivity contribution in [1.82, 2.24) is 4.90 Å². The highest BCUT2D eigenvalue weighted by atomic mass is 35.5. The highest BCUT2D eigenvalue weighted by Gasteiger charge is 2.79. The lowest BCUT2D eigenvalue weighted by Gasteiger charge is -2.41. The van der Waals surface area contributed by atoms with Gasteiger partial charge >= 0.3 is 0 Å². The first-order valence-corrected chi connectivity index (χ1v) is 16.9. The normalized spacial score (nSPS) is 26.7. The summed E-state index contributed by atoms with van der Waals surface area (Å²) in [6.07, 6.45) is 4.67. The molecule has 0 aliphatic carbocycles. The van der Waals surface area contributed by atoms with Crippen LogP contribution < -0.4 is 14.5 Å². The molecule has 5 rings (SSSR count). The first-order valence-electron chi connectivity index (χ1n) is 16.5. The Balaban J connectivity index is 1.65. The third-order valence-corrected chi connectivity index (χ3v) is 10.5. The fraction of sp³-hybridized carbons (Fsp3) is 0.486. The van der Waals surface area contributed by atoms with Crippen molar-refractivity contribution in [3.63, 3.8) is 0 Å². The van der Waals surface area contributed by atoms with Gasteiger partial charge in [-0.25, -0.2) is 0 Å². The summed E-state index contributed by atoms with van der Waals surface area (Å²) in [5.41, 5.74) is -1.11. The Morgan fingerprint density at radius 2 is 1.72 bits per heavy atom. The Bertz CT molecular complexity index is 1510. The summed E-state index contributed by atoms with van der Waals surface area (Å²) in [5, 5.41) is 11.0. The number of hydrogen-bond donors (Lipinski definition) is 1. The van der Waals surface area contributed by atoms with E-state index in [0.29, 0.717) is 48.0 Å². The molecule has 0 saturated carbocycles. The van der Waals surface area contributed by atoms with Crippen molar-refractivity contribution in [2.75, 3.05) is 36.1 Å². The van der Waals surface area contributed by atoms with E-state index in [9.17, 15) is 19.5 Å². The minimum absolute atomic E-state index is 0.138. The molecule has 3 aliphatic heterocycles. The Hall–Kier alpha value is -3.66. The number of para-hydroxylation sites is 1. The smallest absolute Gasteiger partial charge is 0.253 e. The van der Waals surface area contributed by atoms with Gasteiger partial charge in [0.15, 0.2) is 0 Å². The average Bonchev–Trinajstić information content (AvgIpc) is 3.67. The zero-order valence-corrected chi connectivity index (χ0v) is 28.5. The van der Waals surface area contributed by atoms with Crippen LogP contribution in [0.15, 0.2) is 73.8 Å². The van der Waals surface area contributed by atoms with Gasteiger partial charge in [0.25, 0.3) is 5.91 Å². The zero-order valence-electron chi connectivity index (χ0n) is 27.7. The highest BCUT2D eigenvalue weighted by Crippen LogP contribution is 2.65. The molecule has 2 aromatic carbocycles. The van der Waals surface area contributed by atoms with Gasteiger partial charge in [-0.2, -0.15) is 0 Å². The van der Waals surface area contributed by atoms with Crippen LogP contribution in [0.3, 0.4) is 0 Å². The molecule has 2 bridgehead atoms. The summed E-state index contributed by atoms with van der Waals surface area (Å²) in [6, 6.07) is 12.5. The molecule has 3 heterocycles. The van der Waals surface area contributed by atoms with Gasteiger partial charge in [0.1, 0.15) is 17.4 Å². The van der Waals surface area contributed by atoms with Gasteiger partial charge < -0.3 is 29.3 Å². The zero-order chi connectivity index (χ0) is 34.1. The lowest BCUT2D eigenvalue weighted by Crippen LogP contribution is -2.60. The van der Waals surface area contributed by atoms with Gasteiger partial charge in [-0.1, -0.05) is 56.7 Å². The highest BCUT2D eigenvalue weighted by molar-refractivity contribution is 6.34. The number of aliphatic hydroxyl groups is 1. The monoisotopic (exact) mass is 663 g/mol. The molecule has 2 aromatic rings. The van der Waals surface area contributed by atoms with Gasteiger partial charge in [-0.15, -0.1) is 13.2 Å². The molecule has 2 unspecified atom stereocenters. The van der Waals surface area contributed by atoms with Gasteiger partial charge in [-0.3, -0.25) is 14.4 Å². The molecule has 0 radical (unpaired) electrons. The minimum Gasteiger partial charge on any atom is -0.494 e. The summed E-state index contributed by atoms with van der Waals surface area (Å²) in [5.74, 6) is -2.30. The molecular weight excluding hydrogens is 618 g/mol. The Kier molecular flexibility index (Phi) is 10.2. The van der Waals surface area contributed by atoms with Gasteiger partial charge in [-0.05, 0) is 68.5 Å². The van der Waals surface area contributed by atoms with Crippen LogP contribution in [0.4, 0.5) is 11.4 Å². The van der Waals surface area contributed by atoms with Crippen LogP contribution in [0.25, 0.3) is 0 Å². The Labute approximate surface area is 282 Å². The van der Waals surface area contributed by atoms with E-state index in [0.717, 1.165) is 0 Å². The number of benzene rings is 2. The molecule has 3 fully saturated rings. The lowest BCUT2D eigenvalue weighted by molar-refractivity contribution is -0.150. The molecule has 252 valence electrons. The van der Waals surface area contributed by atoms with Crippen molar-refractivity contribution >= 4 is 40.7 Å². The summed E-state index contributed by atoms with van der Waals surface area (Å²) < 4.78 is 12.6. The minimum atomic E-state index is -1.29. The third kappa shape index (κ3) is 5.66. The van der Waals surface area contributed by atoms with Crippen molar-refractivity contribution in [2.24, 2.45) is 17.8 Å². The van der Waals surface area contributed by atoms with Gasteiger partial charge in [0, 0.05) is 18.8 Å². The molecule has 9 nitrogen and oxygen atoms in total. The van der Waals surface area contributed by atoms with E-state index in [1.807, 2.05) is 52.0 Å². The number of ether oxygens (including phenoxy) is 2.